The van der Waals surface area contributed by atoms with Gasteiger partial charge in [-0.25, -0.2) is 4.79 Å². The van der Waals surface area contributed by atoms with Crippen molar-refractivity contribution in [1.82, 2.24) is 0 Å². The fourth-order valence-corrected chi connectivity index (χ4v) is 2.89. The number of ether oxygens (including phenoxy) is 2. The lowest BCUT2D eigenvalue weighted by atomic mass is 9.88. The molecule has 1 saturated carbocycles. The molecule has 0 amide bonds. The molecule has 4 nitrogen and oxygen atoms in total. The normalized spacial score (nSPS) is 29.6. The van der Waals surface area contributed by atoms with Gasteiger partial charge in [0.2, 0.25) is 5.60 Å². The first-order valence-corrected chi connectivity index (χ1v) is 7.20. The molecule has 0 aromatic carbocycles. The van der Waals surface area contributed by atoms with E-state index in [1.165, 1.54) is 0 Å². The predicted octanol–water partition coefficient (Wildman–Crippen LogP) is 2.98. The lowest BCUT2D eigenvalue weighted by Gasteiger charge is -2.28. The summed E-state index contributed by atoms with van der Waals surface area (Å²) in [5, 5.41) is 0. The summed E-state index contributed by atoms with van der Waals surface area (Å²) in [4.78, 5) is 24.3. The molecule has 2 aliphatic rings. The van der Waals surface area contributed by atoms with E-state index in [2.05, 4.69) is 0 Å². The summed E-state index contributed by atoms with van der Waals surface area (Å²) in [7, 11) is 0. The molecule has 2 fully saturated rings. The summed E-state index contributed by atoms with van der Waals surface area (Å²) in [6.07, 6.45) is 5.13. The zero-order chi connectivity index (χ0) is 14.3. The molecule has 0 radical (unpaired) electrons. The Bertz CT molecular complexity index is 393. The Hall–Kier alpha value is -1.06. The summed E-state index contributed by atoms with van der Waals surface area (Å²) < 4.78 is 11.1. The zero-order valence-corrected chi connectivity index (χ0v) is 12.4. The van der Waals surface area contributed by atoms with Gasteiger partial charge in [0.15, 0.2) is 0 Å². The first-order chi connectivity index (χ1) is 8.73. The van der Waals surface area contributed by atoms with Crippen LogP contribution in [0.5, 0.6) is 0 Å². The number of rotatable bonds is 3. The Kier molecular flexibility index (Phi) is 3.40. The van der Waals surface area contributed by atoms with Gasteiger partial charge in [0.05, 0.1) is 5.41 Å². The Balaban J connectivity index is 2.11. The van der Waals surface area contributed by atoms with Crippen molar-refractivity contribution < 1.29 is 19.1 Å². The average molecular weight is 268 g/mol. The van der Waals surface area contributed by atoms with E-state index in [1.807, 2.05) is 20.8 Å². The smallest absolute Gasteiger partial charge is 0.351 e. The minimum atomic E-state index is -1.10. The van der Waals surface area contributed by atoms with Crippen LogP contribution in [0.1, 0.15) is 66.2 Å². The van der Waals surface area contributed by atoms with Crippen LogP contribution in [0.15, 0.2) is 0 Å². The number of carbonyl (C=O) groups is 2. The SMILES string of the molecule is CCC(C)(C)C(=O)OC1(C)CC2(CCCC2)OC1=O. The summed E-state index contributed by atoms with van der Waals surface area (Å²) in [5.74, 6) is -0.695. The maximum atomic E-state index is 12.2. The van der Waals surface area contributed by atoms with Crippen LogP contribution in [0.25, 0.3) is 0 Å². The molecule has 0 N–H and O–H groups in total. The lowest BCUT2D eigenvalue weighted by Crippen LogP contribution is -2.41. The largest absolute Gasteiger partial charge is 0.456 e. The quantitative estimate of drug-likeness (QED) is 0.738. The molecule has 0 aromatic rings. The molecule has 1 atom stereocenters. The van der Waals surface area contributed by atoms with E-state index in [9.17, 15) is 9.59 Å². The highest BCUT2D eigenvalue weighted by molar-refractivity contribution is 5.86. The van der Waals surface area contributed by atoms with Gasteiger partial charge in [-0.1, -0.05) is 6.92 Å². The van der Waals surface area contributed by atoms with Gasteiger partial charge < -0.3 is 9.47 Å². The van der Waals surface area contributed by atoms with Gasteiger partial charge in [0.25, 0.3) is 0 Å². The van der Waals surface area contributed by atoms with Crippen molar-refractivity contribution in [3.63, 3.8) is 0 Å². The van der Waals surface area contributed by atoms with Gasteiger partial charge in [-0.2, -0.15) is 0 Å². The van der Waals surface area contributed by atoms with Crippen LogP contribution in [0.3, 0.4) is 0 Å². The fraction of sp³-hybridized carbons (Fsp3) is 0.867. The minimum absolute atomic E-state index is 0.315. The van der Waals surface area contributed by atoms with Gasteiger partial charge in [-0.05, 0) is 52.9 Å². The van der Waals surface area contributed by atoms with Crippen molar-refractivity contribution in [2.75, 3.05) is 0 Å². The first-order valence-electron chi connectivity index (χ1n) is 7.20. The van der Waals surface area contributed by atoms with Crippen molar-refractivity contribution in [3.05, 3.63) is 0 Å². The van der Waals surface area contributed by atoms with E-state index in [0.29, 0.717) is 12.8 Å². The van der Waals surface area contributed by atoms with Gasteiger partial charge in [-0.3, -0.25) is 4.79 Å². The standard InChI is InChI=1S/C15H24O4/c1-5-13(2,3)11(16)18-14(4)10-15(19-12(14)17)8-6-7-9-15/h5-10H2,1-4H3. The van der Waals surface area contributed by atoms with Crippen molar-refractivity contribution in [3.8, 4) is 0 Å². The highest BCUT2D eigenvalue weighted by Crippen LogP contribution is 2.47. The van der Waals surface area contributed by atoms with Crippen LogP contribution >= 0.6 is 0 Å². The van der Waals surface area contributed by atoms with E-state index in [-0.39, 0.29) is 17.5 Å². The van der Waals surface area contributed by atoms with Gasteiger partial charge in [0.1, 0.15) is 5.60 Å². The molecule has 1 aliphatic carbocycles. The molecule has 108 valence electrons. The molecule has 19 heavy (non-hydrogen) atoms. The van der Waals surface area contributed by atoms with Crippen molar-refractivity contribution in [2.24, 2.45) is 5.41 Å². The van der Waals surface area contributed by atoms with Crippen molar-refractivity contribution in [1.29, 1.82) is 0 Å². The predicted molar refractivity (Wildman–Crippen MR) is 70.5 cm³/mol. The van der Waals surface area contributed by atoms with Crippen LogP contribution in [0.2, 0.25) is 0 Å². The Morgan fingerprint density at radius 1 is 1.37 bits per heavy atom. The third-order valence-corrected chi connectivity index (χ3v) is 4.67. The summed E-state index contributed by atoms with van der Waals surface area (Å²) in [5.41, 5.74) is -2.04. The third-order valence-electron chi connectivity index (χ3n) is 4.67. The highest BCUT2D eigenvalue weighted by atomic mass is 16.6. The molecule has 2 rings (SSSR count). The Labute approximate surface area is 114 Å². The maximum absolute atomic E-state index is 12.2. The molecule has 1 heterocycles. The Morgan fingerprint density at radius 2 is 1.95 bits per heavy atom. The topological polar surface area (TPSA) is 52.6 Å². The van der Waals surface area contributed by atoms with Crippen LogP contribution < -0.4 is 0 Å². The number of carbonyl (C=O) groups excluding carboxylic acids is 2. The molecule has 0 aromatic heterocycles. The number of hydrogen-bond donors (Lipinski definition) is 0. The van der Waals surface area contributed by atoms with Gasteiger partial charge >= 0.3 is 11.9 Å². The number of esters is 2. The van der Waals surface area contributed by atoms with Crippen molar-refractivity contribution >= 4 is 11.9 Å². The van der Waals surface area contributed by atoms with Crippen LogP contribution in [0.4, 0.5) is 0 Å². The molecule has 4 heteroatoms. The van der Waals surface area contributed by atoms with Gasteiger partial charge in [-0.15, -0.1) is 0 Å². The molecular weight excluding hydrogens is 244 g/mol. The second-order valence-corrected chi connectivity index (χ2v) is 6.81. The molecule has 0 bridgehead atoms. The second-order valence-electron chi connectivity index (χ2n) is 6.81. The lowest BCUT2D eigenvalue weighted by molar-refractivity contribution is -0.178. The molecule has 1 saturated heterocycles. The van der Waals surface area contributed by atoms with Crippen molar-refractivity contribution in [2.45, 2.75) is 77.4 Å². The molecule has 1 unspecified atom stereocenters. The number of hydrogen-bond acceptors (Lipinski definition) is 4. The minimum Gasteiger partial charge on any atom is -0.456 e. The summed E-state index contributed by atoms with van der Waals surface area (Å²) >= 11 is 0. The van der Waals surface area contributed by atoms with E-state index >= 15 is 0 Å². The van der Waals surface area contributed by atoms with Crippen LogP contribution in [0, 0.1) is 5.41 Å². The van der Waals surface area contributed by atoms with E-state index < -0.39 is 11.0 Å². The van der Waals surface area contributed by atoms with E-state index in [4.69, 9.17) is 9.47 Å². The molecule has 1 aliphatic heterocycles. The van der Waals surface area contributed by atoms with Crippen LogP contribution in [-0.2, 0) is 19.1 Å². The highest BCUT2D eigenvalue weighted by Gasteiger charge is 2.58. The van der Waals surface area contributed by atoms with Gasteiger partial charge in [0, 0.05) is 6.42 Å². The van der Waals surface area contributed by atoms with Crippen LogP contribution in [-0.4, -0.2) is 23.1 Å². The Morgan fingerprint density at radius 3 is 2.47 bits per heavy atom. The second kappa shape index (κ2) is 4.50. The first kappa shape index (κ1) is 14.4. The fourth-order valence-electron chi connectivity index (χ4n) is 2.89. The summed E-state index contributed by atoms with van der Waals surface area (Å²) in [6, 6.07) is 0. The molecular formula is C15H24O4. The molecule has 1 spiro atoms. The van der Waals surface area contributed by atoms with E-state index in [1.54, 1.807) is 6.92 Å². The van der Waals surface area contributed by atoms with E-state index in [0.717, 1.165) is 25.7 Å². The summed E-state index contributed by atoms with van der Waals surface area (Å²) in [6.45, 7) is 7.30. The average Bonchev–Trinajstić information content (AvgIpc) is 2.85. The zero-order valence-electron chi connectivity index (χ0n) is 12.4. The third kappa shape index (κ3) is 2.49. The maximum Gasteiger partial charge on any atom is 0.351 e. The monoisotopic (exact) mass is 268 g/mol.